The number of carbonyl (C=O) groups is 1. The van der Waals surface area contributed by atoms with Gasteiger partial charge in [-0.25, -0.2) is 0 Å². The van der Waals surface area contributed by atoms with Gasteiger partial charge in [0.05, 0.1) is 12.8 Å². The number of benzene rings is 1. The second-order valence-corrected chi connectivity index (χ2v) is 5.78. The average Bonchev–Trinajstić information content (AvgIpc) is 3.25. The van der Waals surface area contributed by atoms with E-state index in [0.717, 1.165) is 5.56 Å². The lowest BCUT2D eigenvalue weighted by Crippen LogP contribution is -2.27. The Bertz CT molecular complexity index is 791. The predicted molar refractivity (Wildman–Crippen MR) is 87.9 cm³/mol. The quantitative estimate of drug-likeness (QED) is 0.752. The van der Waals surface area contributed by atoms with Crippen molar-refractivity contribution < 1.29 is 9.21 Å². The average molecular weight is 325 g/mol. The molecule has 3 aromatic rings. The molecule has 0 saturated carbocycles. The molecule has 7 heteroatoms. The van der Waals surface area contributed by atoms with Crippen LogP contribution in [0.1, 0.15) is 31.1 Å². The molecular formula is C17H19N5O2. The first-order valence-electron chi connectivity index (χ1n) is 7.79. The predicted octanol–water partition coefficient (Wildman–Crippen LogP) is 2.37. The first kappa shape index (κ1) is 15.9. The van der Waals surface area contributed by atoms with Gasteiger partial charge in [0, 0.05) is 5.56 Å². The summed E-state index contributed by atoms with van der Waals surface area (Å²) < 4.78 is 5.16. The van der Waals surface area contributed by atoms with Gasteiger partial charge in [-0.15, -0.1) is 10.2 Å². The molecule has 2 aromatic heterocycles. The minimum atomic E-state index is -0.203. The minimum absolute atomic E-state index is 0.0117. The number of carbonyl (C=O) groups excluding carboxylic acids is 1. The molecule has 124 valence electrons. The van der Waals surface area contributed by atoms with Crippen molar-refractivity contribution in [2.24, 2.45) is 0 Å². The van der Waals surface area contributed by atoms with Crippen LogP contribution in [0.2, 0.25) is 0 Å². The van der Waals surface area contributed by atoms with Gasteiger partial charge in [0.1, 0.15) is 12.3 Å². The van der Waals surface area contributed by atoms with Crippen LogP contribution in [0.5, 0.6) is 0 Å². The van der Waals surface area contributed by atoms with Gasteiger partial charge in [-0.3, -0.25) is 4.79 Å². The van der Waals surface area contributed by atoms with Crippen molar-refractivity contribution in [2.45, 2.75) is 32.9 Å². The summed E-state index contributed by atoms with van der Waals surface area (Å²) in [6, 6.07) is 11.6. The van der Waals surface area contributed by atoms with E-state index in [-0.39, 0.29) is 12.5 Å². The number of furan rings is 1. The highest BCUT2D eigenvalue weighted by molar-refractivity contribution is 5.75. The van der Waals surface area contributed by atoms with Gasteiger partial charge in [-0.1, -0.05) is 38.1 Å². The van der Waals surface area contributed by atoms with Crippen LogP contribution < -0.4 is 5.32 Å². The van der Waals surface area contributed by atoms with E-state index in [9.17, 15) is 4.79 Å². The number of hydrogen-bond acceptors (Lipinski definition) is 5. The first-order chi connectivity index (χ1) is 11.6. The van der Waals surface area contributed by atoms with Gasteiger partial charge in [-0.05, 0) is 28.8 Å². The Morgan fingerprint density at radius 3 is 2.71 bits per heavy atom. The zero-order chi connectivity index (χ0) is 16.9. The van der Waals surface area contributed by atoms with Crippen LogP contribution in [0.15, 0.2) is 47.1 Å². The molecule has 24 heavy (non-hydrogen) atoms. The van der Waals surface area contributed by atoms with Gasteiger partial charge in [0.2, 0.25) is 11.7 Å². The molecule has 0 bridgehead atoms. The third-order valence-corrected chi connectivity index (χ3v) is 3.61. The summed E-state index contributed by atoms with van der Waals surface area (Å²) in [6.45, 7) is 4.64. The standard InChI is InChI=1S/C17H19N5O2/c1-12(2)13-5-7-14(8-6-13)17-19-21-22(20-17)11-16(23)18-10-15-4-3-9-24-15/h3-9,12H,10-11H2,1-2H3,(H,18,23). The molecule has 0 aliphatic carbocycles. The zero-order valence-corrected chi connectivity index (χ0v) is 13.6. The SMILES string of the molecule is CC(C)c1ccc(-c2nnn(CC(=O)NCc3ccco3)n2)cc1. The van der Waals surface area contributed by atoms with Crippen LogP contribution in [0.3, 0.4) is 0 Å². The van der Waals surface area contributed by atoms with E-state index in [0.29, 0.717) is 24.0 Å². The van der Waals surface area contributed by atoms with Crippen LogP contribution in [-0.4, -0.2) is 26.1 Å². The topological polar surface area (TPSA) is 85.8 Å². The third kappa shape index (κ3) is 3.87. The maximum absolute atomic E-state index is 11.9. The van der Waals surface area contributed by atoms with E-state index in [1.165, 1.54) is 10.4 Å². The highest BCUT2D eigenvalue weighted by Gasteiger charge is 2.10. The van der Waals surface area contributed by atoms with Crippen molar-refractivity contribution in [1.82, 2.24) is 25.5 Å². The van der Waals surface area contributed by atoms with E-state index in [1.807, 2.05) is 12.1 Å². The first-order valence-corrected chi connectivity index (χ1v) is 7.79. The summed E-state index contributed by atoms with van der Waals surface area (Å²) in [5, 5.41) is 14.9. The van der Waals surface area contributed by atoms with E-state index in [1.54, 1.807) is 18.4 Å². The third-order valence-electron chi connectivity index (χ3n) is 3.61. The molecule has 0 unspecified atom stereocenters. The molecule has 7 nitrogen and oxygen atoms in total. The minimum Gasteiger partial charge on any atom is -0.467 e. The van der Waals surface area contributed by atoms with E-state index in [4.69, 9.17) is 4.42 Å². The molecule has 1 N–H and O–H groups in total. The smallest absolute Gasteiger partial charge is 0.244 e. The normalized spacial score (nSPS) is 11.0. The lowest BCUT2D eigenvalue weighted by Gasteiger charge is -2.04. The molecule has 0 atom stereocenters. The summed E-state index contributed by atoms with van der Waals surface area (Å²) in [7, 11) is 0. The monoisotopic (exact) mass is 325 g/mol. The van der Waals surface area contributed by atoms with Gasteiger partial charge in [-0.2, -0.15) is 4.80 Å². The molecule has 0 radical (unpaired) electrons. The van der Waals surface area contributed by atoms with Crippen LogP contribution in [0.4, 0.5) is 0 Å². The Balaban J connectivity index is 1.59. The fraction of sp³-hybridized carbons (Fsp3) is 0.294. The second kappa shape index (κ2) is 7.08. The number of aromatic nitrogens is 4. The number of hydrogen-bond donors (Lipinski definition) is 1. The molecule has 1 amide bonds. The molecule has 0 aliphatic rings. The Morgan fingerprint density at radius 1 is 1.25 bits per heavy atom. The van der Waals surface area contributed by atoms with E-state index < -0.39 is 0 Å². The van der Waals surface area contributed by atoms with Crippen molar-refractivity contribution in [2.75, 3.05) is 0 Å². The Morgan fingerprint density at radius 2 is 2.04 bits per heavy atom. The molecule has 0 fully saturated rings. The van der Waals surface area contributed by atoms with Gasteiger partial charge >= 0.3 is 0 Å². The van der Waals surface area contributed by atoms with E-state index >= 15 is 0 Å². The number of nitrogens with one attached hydrogen (secondary N) is 1. The van der Waals surface area contributed by atoms with Gasteiger partial charge < -0.3 is 9.73 Å². The van der Waals surface area contributed by atoms with Crippen molar-refractivity contribution >= 4 is 5.91 Å². The number of nitrogens with zero attached hydrogens (tertiary/aromatic N) is 4. The van der Waals surface area contributed by atoms with Crippen molar-refractivity contribution in [3.8, 4) is 11.4 Å². The number of tetrazole rings is 1. The van der Waals surface area contributed by atoms with Crippen molar-refractivity contribution in [1.29, 1.82) is 0 Å². The highest BCUT2D eigenvalue weighted by atomic mass is 16.3. The molecule has 3 rings (SSSR count). The van der Waals surface area contributed by atoms with Crippen LogP contribution in [0.25, 0.3) is 11.4 Å². The van der Waals surface area contributed by atoms with Crippen molar-refractivity contribution in [3.05, 3.63) is 54.0 Å². The summed E-state index contributed by atoms with van der Waals surface area (Å²) in [6.07, 6.45) is 1.57. The lowest BCUT2D eigenvalue weighted by atomic mass is 10.0. The zero-order valence-electron chi connectivity index (χ0n) is 13.6. The molecule has 0 spiro atoms. The number of amides is 1. The molecule has 1 aromatic carbocycles. The van der Waals surface area contributed by atoms with Crippen LogP contribution >= 0.6 is 0 Å². The highest BCUT2D eigenvalue weighted by Crippen LogP contribution is 2.19. The van der Waals surface area contributed by atoms with Gasteiger partial charge in [0.15, 0.2) is 0 Å². The van der Waals surface area contributed by atoms with E-state index in [2.05, 4.69) is 46.7 Å². The number of rotatable bonds is 6. The fourth-order valence-electron chi connectivity index (χ4n) is 2.23. The Labute approximate surface area is 139 Å². The molecule has 0 aliphatic heterocycles. The molecular weight excluding hydrogens is 306 g/mol. The van der Waals surface area contributed by atoms with Gasteiger partial charge in [0.25, 0.3) is 0 Å². The van der Waals surface area contributed by atoms with Crippen molar-refractivity contribution in [3.63, 3.8) is 0 Å². The maximum Gasteiger partial charge on any atom is 0.244 e. The summed E-state index contributed by atoms with van der Waals surface area (Å²) in [5.74, 6) is 1.47. The fourth-order valence-corrected chi connectivity index (χ4v) is 2.23. The molecule has 0 saturated heterocycles. The Hall–Kier alpha value is -2.96. The lowest BCUT2D eigenvalue weighted by molar-refractivity contribution is -0.122. The van der Waals surface area contributed by atoms with Crippen LogP contribution in [-0.2, 0) is 17.9 Å². The summed E-state index contributed by atoms with van der Waals surface area (Å²) in [4.78, 5) is 13.2. The second-order valence-electron chi connectivity index (χ2n) is 5.78. The Kier molecular flexibility index (Phi) is 4.69. The maximum atomic E-state index is 11.9. The van der Waals surface area contributed by atoms with Crippen LogP contribution in [0, 0.1) is 0 Å². The largest absolute Gasteiger partial charge is 0.467 e. The summed E-state index contributed by atoms with van der Waals surface area (Å²) in [5.41, 5.74) is 2.13. The summed E-state index contributed by atoms with van der Waals surface area (Å²) >= 11 is 0. The molecule has 2 heterocycles.